The van der Waals surface area contributed by atoms with Crippen LogP contribution in [0.3, 0.4) is 0 Å². The lowest BCUT2D eigenvalue weighted by molar-refractivity contribution is 0.101. The van der Waals surface area contributed by atoms with Crippen molar-refractivity contribution in [2.24, 2.45) is 0 Å². The van der Waals surface area contributed by atoms with Crippen molar-refractivity contribution in [3.05, 3.63) is 45.4 Å². The average molecular weight is 325 g/mol. The summed E-state index contributed by atoms with van der Waals surface area (Å²) >= 11 is 12.0. The standard InChI is InChI=1S/C16H14Cl2O3/c1-3-9-6-11(10-4-5-13(20)12(17)7-10)16(21)15(18)14(9)8(2)19/h4-7,20-21H,3H2,1-2H3. The van der Waals surface area contributed by atoms with Crippen LogP contribution in [0.25, 0.3) is 11.1 Å². The largest absolute Gasteiger partial charge is 0.506 e. The van der Waals surface area contributed by atoms with Crippen molar-refractivity contribution < 1.29 is 15.0 Å². The van der Waals surface area contributed by atoms with Gasteiger partial charge in [-0.3, -0.25) is 4.79 Å². The lowest BCUT2D eigenvalue weighted by Crippen LogP contribution is -2.01. The minimum Gasteiger partial charge on any atom is -0.506 e. The van der Waals surface area contributed by atoms with Gasteiger partial charge in [-0.2, -0.15) is 0 Å². The zero-order valence-electron chi connectivity index (χ0n) is 11.6. The third kappa shape index (κ3) is 2.85. The molecule has 0 unspecified atom stereocenters. The molecule has 2 aromatic rings. The minimum absolute atomic E-state index is 0.0397. The Morgan fingerprint density at radius 2 is 1.86 bits per heavy atom. The molecule has 0 bridgehead atoms. The van der Waals surface area contributed by atoms with Gasteiger partial charge in [-0.25, -0.2) is 0 Å². The van der Waals surface area contributed by atoms with Crippen molar-refractivity contribution in [1.82, 2.24) is 0 Å². The summed E-state index contributed by atoms with van der Waals surface area (Å²) in [6, 6.07) is 6.32. The van der Waals surface area contributed by atoms with Crippen LogP contribution < -0.4 is 0 Å². The van der Waals surface area contributed by atoms with Crippen LogP contribution in [0.15, 0.2) is 24.3 Å². The highest BCUT2D eigenvalue weighted by Gasteiger charge is 2.19. The number of carbonyl (C=O) groups excluding carboxylic acids is 1. The first-order valence-electron chi connectivity index (χ1n) is 6.41. The Hall–Kier alpha value is -1.71. The number of aromatic hydroxyl groups is 2. The first-order valence-corrected chi connectivity index (χ1v) is 7.16. The molecule has 0 aliphatic rings. The molecule has 0 saturated carbocycles. The normalized spacial score (nSPS) is 10.7. The molecule has 0 aromatic heterocycles. The summed E-state index contributed by atoms with van der Waals surface area (Å²) in [6.07, 6.45) is 0.605. The average Bonchev–Trinajstić information content (AvgIpc) is 2.44. The van der Waals surface area contributed by atoms with Gasteiger partial charge < -0.3 is 10.2 Å². The van der Waals surface area contributed by atoms with Gasteiger partial charge in [0.2, 0.25) is 0 Å². The highest BCUT2D eigenvalue weighted by molar-refractivity contribution is 6.36. The van der Waals surface area contributed by atoms with Crippen LogP contribution in [-0.2, 0) is 6.42 Å². The summed E-state index contributed by atoms with van der Waals surface area (Å²) in [5, 5.41) is 20.0. The molecule has 3 nitrogen and oxygen atoms in total. The van der Waals surface area contributed by atoms with Crippen LogP contribution in [0, 0.1) is 0 Å². The molecular formula is C16H14Cl2O3. The molecule has 0 aliphatic heterocycles. The van der Waals surface area contributed by atoms with E-state index >= 15 is 0 Å². The fraction of sp³-hybridized carbons (Fsp3) is 0.188. The van der Waals surface area contributed by atoms with Crippen molar-refractivity contribution in [3.8, 4) is 22.6 Å². The predicted molar refractivity (Wildman–Crippen MR) is 84.6 cm³/mol. The first-order chi connectivity index (χ1) is 9.86. The van der Waals surface area contributed by atoms with Crippen LogP contribution in [0.2, 0.25) is 10.0 Å². The number of benzene rings is 2. The van der Waals surface area contributed by atoms with Gasteiger partial charge in [0.25, 0.3) is 0 Å². The zero-order chi connectivity index (χ0) is 15.7. The smallest absolute Gasteiger partial charge is 0.161 e. The van der Waals surface area contributed by atoms with E-state index in [1.807, 2.05) is 6.92 Å². The molecule has 0 aliphatic carbocycles. The van der Waals surface area contributed by atoms with E-state index in [0.717, 1.165) is 5.56 Å². The maximum Gasteiger partial charge on any atom is 0.161 e. The lowest BCUT2D eigenvalue weighted by atomic mass is 9.94. The molecule has 5 heteroatoms. The molecule has 0 radical (unpaired) electrons. The van der Waals surface area contributed by atoms with E-state index in [1.54, 1.807) is 12.1 Å². The fourth-order valence-electron chi connectivity index (χ4n) is 2.25. The highest BCUT2D eigenvalue weighted by atomic mass is 35.5. The van der Waals surface area contributed by atoms with E-state index < -0.39 is 0 Å². The molecule has 2 rings (SSSR count). The van der Waals surface area contributed by atoms with Gasteiger partial charge in [-0.1, -0.05) is 36.2 Å². The van der Waals surface area contributed by atoms with Gasteiger partial charge in [0, 0.05) is 11.1 Å². The molecule has 2 aromatic carbocycles. The maximum atomic E-state index is 11.7. The number of aryl methyl sites for hydroxylation is 1. The second-order valence-electron chi connectivity index (χ2n) is 4.70. The number of hydrogen-bond acceptors (Lipinski definition) is 3. The highest BCUT2D eigenvalue weighted by Crippen LogP contribution is 2.41. The third-order valence-electron chi connectivity index (χ3n) is 3.31. The maximum absolute atomic E-state index is 11.7. The summed E-state index contributed by atoms with van der Waals surface area (Å²) in [4.78, 5) is 11.7. The number of Topliss-reactive ketones (excluding diaryl/α,β-unsaturated/α-hetero) is 1. The summed E-state index contributed by atoms with van der Waals surface area (Å²) in [6.45, 7) is 3.32. The summed E-state index contributed by atoms with van der Waals surface area (Å²) in [5.74, 6) is -0.398. The molecule has 110 valence electrons. The van der Waals surface area contributed by atoms with Gasteiger partial charge in [-0.15, -0.1) is 0 Å². The second kappa shape index (κ2) is 5.96. The molecule has 0 spiro atoms. The topological polar surface area (TPSA) is 57.5 Å². The number of ketones is 1. The van der Waals surface area contributed by atoms with Crippen LogP contribution in [-0.4, -0.2) is 16.0 Å². The quantitative estimate of drug-likeness (QED) is 0.794. The molecule has 0 amide bonds. The molecular weight excluding hydrogens is 311 g/mol. The second-order valence-corrected chi connectivity index (χ2v) is 5.48. The van der Waals surface area contributed by atoms with Crippen molar-refractivity contribution in [1.29, 1.82) is 0 Å². The van der Waals surface area contributed by atoms with E-state index in [4.69, 9.17) is 23.2 Å². The van der Waals surface area contributed by atoms with Gasteiger partial charge >= 0.3 is 0 Å². The van der Waals surface area contributed by atoms with Crippen LogP contribution >= 0.6 is 23.2 Å². The van der Waals surface area contributed by atoms with Gasteiger partial charge in [0.1, 0.15) is 11.5 Å². The Morgan fingerprint density at radius 1 is 1.19 bits per heavy atom. The molecule has 0 saturated heterocycles. The Bertz CT molecular complexity index is 724. The van der Waals surface area contributed by atoms with E-state index in [9.17, 15) is 15.0 Å². The lowest BCUT2D eigenvalue weighted by Gasteiger charge is -2.14. The summed E-state index contributed by atoms with van der Waals surface area (Å²) in [5.41, 5.74) is 2.18. The Labute approximate surface area is 132 Å². The molecule has 0 heterocycles. The molecule has 2 N–H and O–H groups in total. The minimum atomic E-state index is -0.192. The van der Waals surface area contributed by atoms with Gasteiger partial charge in [0.15, 0.2) is 5.78 Å². The Morgan fingerprint density at radius 3 is 2.38 bits per heavy atom. The fourth-order valence-corrected chi connectivity index (χ4v) is 2.78. The van der Waals surface area contributed by atoms with Gasteiger partial charge in [-0.05, 0) is 42.7 Å². The summed E-state index contributed by atoms with van der Waals surface area (Å²) in [7, 11) is 0. The van der Waals surface area contributed by atoms with E-state index in [2.05, 4.69) is 0 Å². The van der Waals surface area contributed by atoms with Crippen molar-refractivity contribution >= 4 is 29.0 Å². The van der Waals surface area contributed by atoms with E-state index in [0.29, 0.717) is 23.1 Å². The summed E-state index contributed by atoms with van der Waals surface area (Å²) < 4.78 is 0. The zero-order valence-corrected chi connectivity index (χ0v) is 13.1. The number of rotatable bonds is 3. The van der Waals surface area contributed by atoms with Crippen molar-refractivity contribution in [2.45, 2.75) is 20.3 Å². The SMILES string of the molecule is CCc1cc(-c2ccc(O)c(Cl)c2)c(O)c(Cl)c1C(C)=O. The first kappa shape index (κ1) is 15.7. The van der Waals surface area contributed by atoms with Crippen LogP contribution in [0.5, 0.6) is 11.5 Å². The number of phenolic OH excluding ortho intramolecular Hbond substituents is 2. The van der Waals surface area contributed by atoms with Crippen LogP contribution in [0.4, 0.5) is 0 Å². The Balaban J connectivity index is 2.73. The van der Waals surface area contributed by atoms with Crippen LogP contribution in [0.1, 0.15) is 29.8 Å². The number of hydrogen-bond donors (Lipinski definition) is 2. The predicted octanol–water partition coefficient (Wildman–Crippen LogP) is 4.84. The molecule has 0 fully saturated rings. The Kier molecular flexibility index (Phi) is 4.45. The number of halogens is 2. The number of phenols is 2. The van der Waals surface area contributed by atoms with E-state index in [-0.39, 0.29) is 27.3 Å². The van der Waals surface area contributed by atoms with Gasteiger partial charge in [0.05, 0.1) is 10.0 Å². The molecule has 21 heavy (non-hydrogen) atoms. The van der Waals surface area contributed by atoms with Crippen molar-refractivity contribution in [2.75, 3.05) is 0 Å². The third-order valence-corrected chi connectivity index (χ3v) is 3.98. The number of carbonyl (C=O) groups is 1. The van der Waals surface area contributed by atoms with E-state index in [1.165, 1.54) is 19.1 Å². The monoisotopic (exact) mass is 324 g/mol. The molecule has 0 atom stereocenters. The van der Waals surface area contributed by atoms with Crippen molar-refractivity contribution in [3.63, 3.8) is 0 Å².